The van der Waals surface area contributed by atoms with E-state index >= 15 is 0 Å². The van der Waals surface area contributed by atoms with Gasteiger partial charge in [0, 0.05) is 31.5 Å². The van der Waals surface area contributed by atoms with E-state index in [0.29, 0.717) is 18.4 Å². The number of aromatic nitrogens is 1. The summed E-state index contributed by atoms with van der Waals surface area (Å²) in [5.41, 5.74) is 1.01. The molecule has 2 aliphatic rings. The van der Waals surface area contributed by atoms with E-state index < -0.39 is 0 Å². The van der Waals surface area contributed by atoms with E-state index in [4.69, 9.17) is 0 Å². The van der Waals surface area contributed by atoms with Crippen molar-refractivity contribution in [3.8, 4) is 0 Å². The fraction of sp³-hybridized carbons (Fsp3) is 0.625. The molecule has 108 valence electrons. The number of rotatable bonds is 3. The van der Waals surface area contributed by atoms with Crippen LogP contribution in [0.3, 0.4) is 0 Å². The molecule has 0 radical (unpaired) electrons. The zero-order valence-electron chi connectivity index (χ0n) is 11.9. The third kappa shape index (κ3) is 3.18. The molecule has 4 nitrogen and oxygen atoms in total. The van der Waals surface area contributed by atoms with Gasteiger partial charge in [-0.15, -0.1) is 0 Å². The van der Waals surface area contributed by atoms with Crippen molar-refractivity contribution in [3.63, 3.8) is 0 Å². The van der Waals surface area contributed by atoms with Crippen molar-refractivity contribution >= 4 is 5.91 Å². The summed E-state index contributed by atoms with van der Waals surface area (Å²) in [7, 11) is 0. The fourth-order valence-corrected chi connectivity index (χ4v) is 3.47. The summed E-state index contributed by atoms with van der Waals surface area (Å²) >= 11 is 0. The van der Waals surface area contributed by atoms with Crippen LogP contribution in [0.25, 0.3) is 0 Å². The molecule has 3 heterocycles. The predicted octanol–water partition coefficient (Wildman–Crippen LogP) is 1.61. The van der Waals surface area contributed by atoms with Crippen LogP contribution in [0.2, 0.25) is 0 Å². The Morgan fingerprint density at radius 2 is 2.35 bits per heavy atom. The maximum absolute atomic E-state index is 12.4. The third-order valence-electron chi connectivity index (χ3n) is 4.56. The van der Waals surface area contributed by atoms with E-state index in [-0.39, 0.29) is 5.91 Å². The van der Waals surface area contributed by atoms with Gasteiger partial charge in [0.15, 0.2) is 0 Å². The van der Waals surface area contributed by atoms with Crippen molar-refractivity contribution in [1.82, 2.24) is 15.2 Å². The number of nitrogens with zero attached hydrogens (tertiary/aromatic N) is 2. The molecule has 0 bridgehead atoms. The van der Waals surface area contributed by atoms with Crippen LogP contribution in [0.1, 0.15) is 31.2 Å². The molecule has 3 rings (SSSR count). The number of carbonyl (C=O) groups is 1. The van der Waals surface area contributed by atoms with Crippen molar-refractivity contribution < 1.29 is 4.79 Å². The molecule has 1 N–H and O–H groups in total. The normalized spacial score (nSPS) is 26.7. The Kier molecular flexibility index (Phi) is 4.31. The van der Waals surface area contributed by atoms with Crippen molar-refractivity contribution in [2.75, 3.05) is 19.6 Å². The molecule has 1 aromatic heterocycles. The van der Waals surface area contributed by atoms with Gasteiger partial charge in [0.2, 0.25) is 5.91 Å². The van der Waals surface area contributed by atoms with Crippen LogP contribution in [0.4, 0.5) is 0 Å². The maximum Gasteiger partial charge on any atom is 0.227 e. The van der Waals surface area contributed by atoms with Gasteiger partial charge in [-0.1, -0.05) is 6.07 Å². The van der Waals surface area contributed by atoms with E-state index in [0.717, 1.165) is 31.6 Å². The van der Waals surface area contributed by atoms with Gasteiger partial charge in [0.25, 0.3) is 0 Å². The molecule has 0 aromatic carbocycles. The molecule has 1 amide bonds. The minimum atomic E-state index is 0.251. The van der Waals surface area contributed by atoms with Crippen LogP contribution in [-0.2, 0) is 11.2 Å². The van der Waals surface area contributed by atoms with Crippen LogP contribution >= 0.6 is 0 Å². The Morgan fingerprint density at radius 1 is 1.40 bits per heavy atom. The Hall–Kier alpha value is -1.42. The maximum atomic E-state index is 12.4. The number of hydrogen-bond acceptors (Lipinski definition) is 3. The molecule has 2 saturated heterocycles. The average molecular weight is 273 g/mol. The van der Waals surface area contributed by atoms with Gasteiger partial charge in [-0.2, -0.15) is 0 Å². The first-order valence-electron chi connectivity index (χ1n) is 7.73. The average Bonchev–Trinajstić information content (AvgIpc) is 3.03. The number of pyridine rings is 1. The highest BCUT2D eigenvalue weighted by atomic mass is 16.2. The molecule has 20 heavy (non-hydrogen) atoms. The van der Waals surface area contributed by atoms with Gasteiger partial charge in [-0.3, -0.25) is 9.78 Å². The Labute approximate surface area is 120 Å². The van der Waals surface area contributed by atoms with Gasteiger partial charge in [-0.25, -0.2) is 0 Å². The number of nitrogens with one attached hydrogen (secondary N) is 1. The minimum Gasteiger partial charge on any atom is -0.342 e. The van der Waals surface area contributed by atoms with Crippen LogP contribution in [0, 0.1) is 5.92 Å². The van der Waals surface area contributed by atoms with E-state index in [1.807, 2.05) is 12.1 Å². The molecule has 2 atom stereocenters. The smallest absolute Gasteiger partial charge is 0.227 e. The molecule has 0 spiro atoms. The van der Waals surface area contributed by atoms with E-state index in [1.54, 1.807) is 12.4 Å². The lowest BCUT2D eigenvalue weighted by atomic mass is 9.89. The van der Waals surface area contributed by atoms with E-state index in [2.05, 4.69) is 15.2 Å². The molecule has 4 heteroatoms. The largest absolute Gasteiger partial charge is 0.342 e. The Bertz CT molecular complexity index is 442. The monoisotopic (exact) mass is 273 g/mol. The molecule has 2 aliphatic heterocycles. The second-order valence-electron chi connectivity index (χ2n) is 5.98. The number of likely N-dealkylation sites (tertiary alicyclic amines) is 1. The van der Waals surface area contributed by atoms with E-state index in [1.165, 1.54) is 19.3 Å². The molecular formula is C16H23N3O. The highest BCUT2D eigenvalue weighted by Gasteiger charge is 2.30. The Balaban J connectivity index is 1.57. The number of piperidine rings is 1. The van der Waals surface area contributed by atoms with Gasteiger partial charge < -0.3 is 10.2 Å². The summed E-state index contributed by atoms with van der Waals surface area (Å²) in [6.07, 6.45) is 8.98. The van der Waals surface area contributed by atoms with Gasteiger partial charge in [0.05, 0.1) is 6.42 Å². The van der Waals surface area contributed by atoms with E-state index in [9.17, 15) is 4.79 Å². The molecule has 2 fully saturated rings. The molecule has 2 unspecified atom stereocenters. The molecular weight excluding hydrogens is 250 g/mol. The summed E-state index contributed by atoms with van der Waals surface area (Å²) in [6.45, 7) is 2.99. The number of amides is 1. The molecule has 0 aliphatic carbocycles. The standard InChI is InChI=1S/C16H23N3O/c20-16(10-13-4-1-7-17-11-13)19-9-3-5-14(12-19)15-6-2-8-18-15/h1,4,7,11,14-15,18H,2-3,5-6,8-10,12H2. The Morgan fingerprint density at radius 3 is 3.10 bits per heavy atom. The number of hydrogen-bond donors (Lipinski definition) is 1. The summed E-state index contributed by atoms with van der Waals surface area (Å²) in [5, 5.41) is 3.59. The van der Waals surface area contributed by atoms with Crippen molar-refractivity contribution in [3.05, 3.63) is 30.1 Å². The molecule has 0 saturated carbocycles. The van der Waals surface area contributed by atoms with Gasteiger partial charge >= 0.3 is 0 Å². The van der Waals surface area contributed by atoms with Crippen LogP contribution in [0.5, 0.6) is 0 Å². The first kappa shape index (κ1) is 13.6. The molecule has 1 aromatic rings. The predicted molar refractivity (Wildman–Crippen MR) is 78.3 cm³/mol. The topological polar surface area (TPSA) is 45.2 Å². The van der Waals surface area contributed by atoms with Crippen LogP contribution in [0.15, 0.2) is 24.5 Å². The van der Waals surface area contributed by atoms with Crippen LogP contribution in [-0.4, -0.2) is 41.5 Å². The lowest BCUT2D eigenvalue weighted by molar-refractivity contribution is -0.132. The summed E-state index contributed by atoms with van der Waals surface area (Å²) in [4.78, 5) is 18.5. The summed E-state index contributed by atoms with van der Waals surface area (Å²) < 4.78 is 0. The summed E-state index contributed by atoms with van der Waals surface area (Å²) in [6, 6.07) is 4.50. The first-order chi connectivity index (χ1) is 9.83. The number of carbonyl (C=O) groups excluding carboxylic acids is 1. The van der Waals surface area contributed by atoms with Crippen molar-refractivity contribution in [2.45, 2.75) is 38.1 Å². The first-order valence-corrected chi connectivity index (χ1v) is 7.73. The zero-order chi connectivity index (χ0) is 13.8. The quantitative estimate of drug-likeness (QED) is 0.910. The second-order valence-corrected chi connectivity index (χ2v) is 5.98. The van der Waals surface area contributed by atoms with Gasteiger partial charge in [-0.05, 0) is 49.8 Å². The highest BCUT2D eigenvalue weighted by Crippen LogP contribution is 2.25. The second kappa shape index (κ2) is 6.35. The van der Waals surface area contributed by atoms with Crippen LogP contribution < -0.4 is 5.32 Å². The van der Waals surface area contributed by atoms with Crippen molar-refractivity contribution in [2.24, 2.45) is 5.92 Å². The lowest BCUT2D eigenvalue weighted by Crippen LogP contribution is -2.46. The van der Waals surface area contributed by atoms with Gasteiger partial charge in [0.1, 0.15) is 0 Å². The third-order valence-corrected chi connectivity index (χ3v) is 4.56. The lowest BCUT2D eigenvalue weighted by Gasteiger charge is -2.36. The minimum absolute atomic E-state index is 0.251. The zero-order valence-corrected chi connectivity index (χ0v) is 11.9. The fourth-order valence-electron chi connectivity index (χ4n) is 3.47. The summed E-state index contributed by atoms with van der Waals surface area (Å²) in [5.74, 6) is 0.893. The SMILES string of the molecule is O=C(Cc1cccnc1)N1CCCC(C2CCCN2)C1. The van der Waals surface area contributed by atoms with Crippen molar-refractivity contribution in [1.29, 1.82) is 0 Å². The highest BCUT2D eigenvalue weighted by molar-refractivity contribution is 5.78.